The van der Waals surface area contributed by atoms with Gasteiger partial charge < -0.3 is 15.2 Å². The summed E-state index contributed by atoms with van der Waals surface area (Å²) < 4.78 is 46.9. The number of carbonyl (C=O) groups is 1. The van der Waals surface area contributed by atoms with Crippen molar-refractivity contribution >= 4 is 17.6 Å². The molecule has 0 aliphatic rings. The number of aliphatic carboxylic acids is 1. The summed E-state index contributed by atoms with van der Waals surface area (Å²) in [6.07, 6.45) is -3.98. The molecule has 0 aliphatic carbocycles. The molecule has 232 valence electrons. The van der Waals surface area contributed by atoms with E-state index < -0.39 is 23.8 Å². The molecule has 2 N–H and O–H groups in total. The first kappa shape index (κ1) is 33.1. The Balaban J connectivity index is 1.54. The maximum absolute atomic E-state index is 13.6. The van der Waals surface area contributed by atoms with Crippen LogP contribution in [-0.4, -0.2) is 42.2 Å². The number of ether oxygens (including phenoxy) is 1. The van der Waals surface area contributed by atoms with E-state index in [2.05, 4.69) is 34.5 Å². The number of nitrogens with one attached hydrogen (secondary N) is 1. The van der Waals surface area contributed by atoms with Gasteiger partial charge in [0.05, 0.1) is 17.2 Å². The van der Waals surface area contributed by atoms with Gasteiger partial charge in [0.15, 0.2) is 0 Å². The number of carboxylic acids is 1. The molecule has 1 unspecified atom stereocenters. The van der Waals surface area contributed by atoms with E-state index in [-0.39, 0.29) is 17.5 Å². The van der Waals surface area contributed by atoms with Crippen LogP contribution in [0.5, 0.6) is 5.75 Å². The zero-order valence-corrected chi connectivity index (χ0v) is 25.2. The van der Waals surface area contributed by atoms with E-state index in [4.69, 9.17) is 16.3 Å². The van der Waals surface area contributed by atoms with Crippen molar-refractivity contribution in [2.45, 2.75) is 38.0 Å². The number of alkyl halides is 3. The normalized spacial score (nSPS) is 12.4. The summed E-state index contributed by atoms with van der Waals surface area (Å²) in [5.74, 6) is -0.455. The van der Waals surface area contributed by atoms with E-state index in [9.17, 15) is 23.1 Å². The van der Waals surface area contributed by atoms with Gasteiger partial charge in [-0.3, -0.25) is 9.69 Å². The van der Waals surface area contributed by atoms with E-state index in [1.54, 1.807) is 30.3 Å². The second-order valence-electron chi connectivity index (χ2n) is 10.5. The lowest BCUT2D eigenvalue weighted by molar-refractivity contribution is -0.140. The number of benzene rings is 4. The summed E-state index contributed by atoms with van der Waals surface area (Å²) in [6, 6.07) is 30.2. The Morgan fingerprint density at radius 1 is 0.909 bits per heavy atom. The minimum absolute atomic E-state index is 0.0291. The van der Waals surface area contributed by atoms with Crippen LogP contribution in [0.15, 0.2) is 103 Å². The summed E-state index contributed by atoms with van der Waals surface area (Å²) in [6.45, 7) is 3.96. The zero-order valence-electron chi connectivity index (χ0n) is 24.4. The molecule has 0 radical (unpaired) electrons. The van der Waals surface area contributed by atoms with Crippen LogP contribution in [0.2, 0.25) is 5.02 Å². The molecule has 0 aliphatic heterocycles. The number of rotatable bonds is 15. The number of carboxylic acid groups (broad SMARTS) is 1. The first-order valence-corrected chi connectivity index (χ1v) is 14.9. The molecule has 0 fully saturated rings. The van der Waals surface area contributed by atoms with Gasteiger partial charge in [-0.1, -0.05) is 103 Å². The Morgan fingerprint density at radius 2 is 1.52 bits per heavy atom. The molecule has 9 heteroatoms. The van der Waals surface area contributed by atoms with Crippen LogP contribution in [0.1, 0.15) is 53.1 Å². The first-order chi connectivity index (χ1) is 21.2. The number of hydrogen-bond donors (Lipinski definition) is 2. The fourth-order valence-electron chi connectivity index (χ4n) is 5.24. The molecule has 4 aromatic rings. The summed E-state index contributed by atoms with van der Waals surface area (Å²) >= 11 is 6.32. The van der Waals surface area contributed by atoms with Gasteiger partial charge in [0.25, 0.3) is 0 Å². The first-order valence-electron chi connectivity index (χ1n) is 14.5. The lowest BCUT2D eigenvalue weighted by Crippen LogP contribution is -2.31. The van der Waals surface area contributed by atoms with E-state index in [1.165, 1.54) is 6.07 Å². The van der Waals surface area contributed by atoms with E-state index in [0.29, 0.717) is 49.5 Å². The predicted molar refractivity (Wildman–Crippen MR) is 167 cm³/mol. The third-order valence-corrected chi connectivity index (χ3v) is 7.80. The number of halogens is 4. The molecular formula is C35H36ClF3N2O3. The van der Waals surface area contributed by atoms with Crippen molar-refractivity contribution in [3.8, 4) is 5.75 Å². The van der Waals surface area contributed by atoms with Crippen LogP contribution in [0.25, 0.3) is 0 Å². The van der Waals surface area contributed by atoms with Crippen molar-refractivity contribution in [3.63, 3.8) is 0 Å². The Bertz CT molecular complexity index is 1450. The van der Waals surface area contributed by atoms with Gasteiger partial charge in [-0.15, -0.1) is 0 Å². The van der Waals surface area contributed by atoms with Crippen molar-refractivity contribution < 1.29 is 27.8 Å². The monoisotopic (exact) mass is 624 g/mol. The highest BCUT2D eigenvalue weighted by Crippen LogP contribution is 2.37. The van der Waals surface area contributed by atoms with Crippen molar-refractivity contribution in [2.75, 3.05) is 26.2 Å². The standard InChI is InChI=1S/C35H36ClF3N2O3/c1-2-40-33(34(42)43)27-16-9-18-29(22-27)44-21-11-20-41(23-28-17-10-19-31(32(28)36)35(37,38)39)24-30(25-12-5-3-6-13-25)26-14-7-4-8-15-26/h3-10,12-19,22,30,33,40H,2,11,20-21,23-24H2,1H3,(H,42,43). The van der Waals surface area contributed by atoms with E-state index in [0.717, 1.165) is 17.2 Å². The molecule has 4 rings (SSSR count). The molecule has 0 amide bonds. The predicted octanol–water partition coefficient (Wildman–Crippen LogP) is 8.20. The maximum Gasteiger partial charge on any atom is 0.417 e. The van der Waals surface area contributed by atoms with Crippen LogP contribution in [0.3, 0.4) is 0 Å². The molecule has 44 heavy (non-hydrogen) atoms. The highest BCUT2D eigenvalue weighted by atomic mass is 35.5. The van der Waals surface area contributed by atoms with Crippen molar-refractivity contribution in [1.82, 2.24) is 10.2 Å². The molecule has 0 bridgehead atoms. The van der Waals surface area contributed by atoms with Crippen LogP contribution in [0.4, 0.5) is 13.2 Å². The van der Waals surface area contributed by atoms with E-state index in [1.807, 2.05) is 43.3 Å². The summed E-state index contributed by atoms with van der Waals surface area (Å²) in [5, 5.41) is 12.2. The highest BCUT2D eigenvalue weighted by Gasteiger charge is 2.34. The molecule has 0 spiro atoms. The maximum atomic E-state index is 13.6. The van der Waals surface area contributed by atoms with Crippen LogP contribution in [0, 0.1) is 0 Å². The van der Waals surface area contributed by atoms with Crippen LogP contribution in [-0.2, 0) is 17.5 Å². The third-order valence-electron chi connectivity index (χ3n) is 7.36. The lowest BCUT2D eigenvalue weighted by atomic mass is 9.90. The molecule has 4 aromatic carbocycles. The minimum Gasteiger partial charge on any atom is -0.494 e. The molecule has 0 saturated heterocycles. The minimum atomic E-state index is -4.55. The molecule has 0 heterocycles. The van der Waals surface area contributed by atoms with Crippen molar-refractivity contribution in [1.29, 1.82) is 0 Å². The number of hydrogen-bond acceptors (Lipinski definition) is 4. The smallest absolute Gasteiger partial charge is 0.417 e. The van der Waals surface area contributed by atoms with Gasteiger partial charge in [-0.25, -0.2) is 0 Å². The SMILES string of the molecule is CCNC(C(=O)O)c1cccc(OCCCN(Cc2cccc(C(F)(F)F)c2Cl)CC(c2ccccc2)c2ccccc2)c1. The highest BCUT2D eigenvalue weighted by molar-refractivity contribution is 6.32. The molecule has 0 aromatic heterocycles. The quantitative estimate of drug-likeness (QED) is 0.131. The molecule has 5 nitrogen and oxygen atoms in total. The van der Waals surface area contributed by atoms with Gasteiger partial charge in [-0.05, 0) is 53.4 Å². The average Bonchev–Trinajstić information content (AvgIpc) is 3.01. The molecule has 1 atom stereocenters. The zero-order chi connectivity index (χ0) is 31.5. The molecular weight excluding hydrogens is 589 g/mol. The van der Waals surface area contributed by atoms with Gasteiger partial charge in [0.1, 0.15) is 11.8 Å². The average molecular weight is 625 g/mol. The fourth-order valence-corrected chi connectivity index (χ4v) is 5.54. The van der Waals surface area contributed by atoms with Gasteiger partial charge in [0.2, 0.25) is 0 Å². The Morgan fingerprint density at radius 3 is 2.11 bits per heavy atom. The largest absolute Gasteiger partial charge is 0.494 e. The van der Waals surface area contributed by atoms with Gasteiger partial charge in [-0.2, -0.15) is 13.2 Å². The number of likely N-dealkylation sites (N-methyl/N-ethyl adjacent to an activating group) is 1. The van der Waals surface area contributed by atoms with Crippen molar-refractivity contribution in [3.05, 3.63) is 136 Å². The van der Waals surface area contributed by atoms with E-state index >= 15 is 0 Å². The van der Waals surface area contributed by atoms with Crippen LogP contribution >= 0.6 is 11.6 Å². The topological polar surface area (TPSA) is 61.8 Å². The van der Waals surface area contributed by atoms with Crippen LogP contribution < -0.4 is 10.1 Å². The Kier molecular flexibility index (Phi) is 11.8. The number of nitrogens with zero attached hydrogens (tertiary/aromatic N) is 1. The second kappa shape index (κ2) is 15.7. The second-order valence-corrected chi connectivity index (χ2v) is 10.9. The Labute approximate surface area is 261 Å². The summed E-state index contributed by atoms with van der Waals surface area (Å²) in [4.78, 5) is 13.8. The summed E-state index contributed by atoms with van der Waals surface area (Å²) in [5.41, 5.74) is 2.34. The Hall–Kier alpha value is -3.85. The lowest BCUT2D eigenvalue weighted by Gasteiger charge is -2.29. The fraction of sp³-hybridized carbons (Fsp3) is 0.286. The van der Waals surface area contributed by atoms with Gasteiger partial charge >= 0.3 is 12.1 Å². The third kappa shape index (κ3) is 9.08. The summed E-state index contributed by atoms with van der Waals surface area (Å²) in [7, 11) is 0. The van der Waals surface area contributed by atoms with Crippen molar-refractivity contribution in [2.24, 2.45) is 0 Å². The molecule has 0 saturated carbocycles. The van der Waals surface area contributed by atoms with Gasteiger partial charge in [0, 0.05) is 25.6 Å².